The van der Waals surface area contributed by atoms with Gasteiger partial charge in [0.15, 0.2) is 0 Å². The number of benzene rings is 2. The highest BCUT2D eigenvalue weighted by Crippen LogP contribution is 2.25. The van der Waals surface area contributed by atoms with Crippen LogP contribution in [0.4, 0.5) is 5.69 Å². The molecule has 1 atom stereocenters. The number of nitrogens with zero attached hydrogens (tertiary/aromatic N) is 2. The average molecular weight is 314 g/mol. The molecule has 1 amide bonds. The number of methoxy groups -OCH3 is 1. The van der Waals surface area contributed by atoms with Gasteiger partial charge in [0, 0.05) is 24.7 Å². The smallest absolute Gasteiger partial charge is 0.269 e. The number of nitro benzene ring substituents is 1. The number of nitro groups is 1. The Balaban J connectivity index is 2.24. The summed E-state index contributed by atoms with van der Waals surface area (Å²) in [6.07, 6.45) is 0. The summed E-state index contributed by atoms with van der Waals surface area (Å²) in [4.78, 5) is 24.6. The van der Waals surface area contributed by atoms with Gasteiger partial charge in [0.2, 0.25) is 0 Å². The lowest BCUT2D eigenvalue weighted by atomic mass is 10.1. The van der Waals surface area contributed by atoms with Gasteiger partial charge in [0.25, 0.3) is 11.6 Å². The van der Waals surface area contributed by atoms with Crippen LogP contribution in [0.5, 0.6) is 5.75 Å². The van der Waals surface area contributed by atoms with Crippen molar-refractivity contribution in [2.45, 2.75) is 13.0 Å². The number of non-ortho nitro benzene ring substituents is 1. The lowest BCUT2D eigenvalue weighted by Crippen LogP contribution is -2.29. The second-order valence-electron chi connectivity index (χ2n) is 5.18. The third-order valence-corrected chi connectivity index (χ3v) is 3.78. The van der Waals surface area contributed by atoms with Crippen LogP contribution in [0.1, 0.15) is 28.9 Å². The van der Waals surface area contributed by atoms with Crippen LogP contribution in [-0.2, 0) is 0 Å². The maximum absolute atomic E-state index is 12.6. The summed E-state index contributed by atoms with van der Waals surface area (Å²) >= 11 is 0. The molecule has 2 aromatic carbocycles. The average Bonchev–Trinajstić information content (AvgIpc) is 2.59. The minimum Gasteiger partial charge on any atom is -0.497 e. The van der Waals surface area contributed by atoms with Gasteiger partial charge in [-0.3, -0.25) is 14.9 Å². The fourth-order valence-corrected chi connectivity index (χ4v) is 2.26. The molecule has 0 aromatic heterocycles. The third-order valence-electron chi connectivity index (χ3n) is 3.78. The molecule has 0 saturated heterocycles. The van der Waals surface area contributed by atoms with Gasteiger partial charge >= 0.3 is 0 Å². The molecule has 0 heterocycles. The van der Waals surface area contributed by atoms with E-state index in [4.69, 9.17) is 4.74 Å². The number of ether oxygens (including phenoxy) is 1. The second-order valence-corrected chi connectivity index (χ2v) is 5.18. The van der Waals surface area contributed by atoms with Crippen LogP contribution in [0.25, 0.3) is 0 Å². The van der Waals surface area contributed by atoms with Crippen molar-refractivity contribution < 1.29 is 14.5 Å². The Bertz CT molecular complexity index is 730. The molecule has 0 saturated carbocycles. The van der Waals surface area contributed by atoms with Crippen LogP contribution in [0.3, 0.4) is 0 Å². The van der Waals surface area contributed by atoms with E-state index in [1.54, 1.807) is 55.5 Å². The van der Waals surface area contributed by atoms with Crippen molar-refractivity contribution >= 4 is 11.6 Å². The monoisotopic (exact) mass is 314 g/mol. The van der Waals surface area contributed by atoms with Crippen LogP contribution in [0, 0.1) is 10.1 Å². The van der Waals surface area contributed by atoms with Crippen molar-refractivity contribution in [2.24, 2.45) is 0 Å². The van der Waals surface area contributed by atoms with Crippen molar-refractivity contribution in [3.05, 3.63) is 69.8 Å². The normalized spacial score (nSPS) is 11.6. The van der Waals surface area contributed by atoms with Gasteiger partial charge < -0.3 is 9.64 Å². The van der Waals surface area contributed by atoms with E-state index >= 15 is 0 Å². The van der Waals surface area contributed by atoms with Gasteiger partial charge in [-0.05, 0) is 30.7 Å². The Kier molecular flexibility index (Phi) is 4.95. The molecule has 2 aromatic rings. The highest BCUT2D eigenvalue weighted by Gasteiger charge is 2.20. The molecule has 0 aliphatic heterocycles. The van der Waals surface area contributed by atoms with Crippen LogP contribution in [-0.4, -0.2) is 29.9 Å². The Labute approximate surface area is 134 Å². The molecule has 0 radical (unpaired) electrons. The van der Waals surface area contributed by atoms with E-state index in [0.717, 1.165) is 0 Å². The maximum atomic E-state index is 12.6. The Morgan fingerprint density at radius 2 is 1.91 bits per heavy atom. The summed E-state index contributed by atoms with van der Waals surface area (Å²) in [6.45, 7) is 1.83. The second kappa shape index (κ2) is 6.91. The molecule has 0 aliphatic carbocycles. The van der Waals surface area contributed by atoms with Gasteiger partial charge in [-0.2, -0.15) is 0 Å². The van der Waals surface area contributed by atoms with Gasteiger partial charge in [0.1, 0.15) is 5.75 Å². The Morgan fingerprint density at radius 1 is 1.22 bits per heavy atom. The van der Waals surface area contributed by atoms with Crippen LogP contribution < -0.4 is 4.74 Å². The number of hydrogen-bond donors (Lipinski definition) is 0. The van der Waals surface area contributed by atoms with Gasteiger partial charge in [-0.15, -0.1) is 0 Å². The molecule has 0 unspecified atom stereocenters. The summed E-state index contributed by atoms with van der Waals surface area (Å²) in [5, 5.41) is 10.9. The summed E-state index contributed by atoms with van der Waals surface area (Å²) in [5.41, 5.74) is 1.22. The zero-order valence-corrected chi connectivity index (χ0v) is 13.2. The van der Waals surface area contributed by atoms with Crippen molar-refractivity contribution in [1.82, 2.24) is 4.90 Å². The molecule has 0 bridgehead atoms. The summed E-state index contributed by atoms with van der Waals surface area (Å²) < 4.78 is 5.13. The molecular formula is C17H18N2O4. The Morgan fingerprint density at radius 3 is 2.57 bits per heavy atom. The van der Waals surface area contributed by atoms with E-state index in [1.807, 2.05) is 6.92 Å². The predicted octanol–water partition coefficient (Wildman–Crippen LogP) is 3.44. The molecule has 0 fully saturated rings. The van der Waals surface area contributed by atoms with Crippen molar-refractivity contribution in [3.8, 4) is 5.75 Å². The quantitative estimate of drug-likeness (QED) is 0.626. The first-order chi connectivity index (χ1) is 10.9. The highest BCUT2D eigenvalue weighted by molar-refractivity contribution is 5.94. The molecule has 120 valence electrons. The van der Waals surface area contributed by atoms with E-state index < -0.39 is 4.92 Å². The molecule has 0 aliphatic rings. The first kappa shape index (κ1) is 16.5. The van der Waals surface area contributed by atoms with E-state index in [-0.39, 0.29) is 17.6 Å². The first-order valence-corrected chi connectivity index (χ1v) is 7.09. The number of amides is 1. The van der Waals surface area contributed by atoms with E-state index in [2.05, 4.69) is 0 Å². The van der Waals surface area contributed by atoms with E-state index in [1.165, 1.54) is 12.1 Å². The number of carbonyl (C=O) groups excluding carboxylic acids is 1. The number of carbonyl (C=O) groups is 1. The van der Waals surface area contributed by atoms with Crippen molar-refractivity contribution in [2.75, 3.05) is 14.2 Å². The van der Waals surface area contributed by atoms with E-state index in [9.17, 15) is 14.9 Å². The minimum absolute atomic E-state index is 0.0107. The molecule has 2 rings (SSSR count). The third kappa shape index (κ3) is 3.66. The first-order valence-electron chi connectivity index (χ1n) is 7.09. The maximum Gasteiger partial charge on any atom is 0.269 e. The lowest BCUT2D eigenvalue weighted by molar-refractivity contribution is -0.384. The molecule has 23 heavy (non-hydrogen) atoms. The number of hydrogen-bond acceptors (Lipinski definition) is 4. The fourth-order valence-electron chi connectivity index (χ4n) is 2.26. The van der Waals surface area contributed by atoms with Crippen molar-refractivity contribution in [3.63, 3.8) is 0 Å². The molecule has 0 spiro atoms. The summed E-state index contributed by atoms with van der Waals surface area (Å²) in [7, 11) is 3.21. The zero-order chi connectivity index (χ0) is 17.0. The lowest BCUT2D eigenvalue weighted by Gasteiger charge is -2.25. The van der Waals surface area contributed by atoms with E-state index in [0.29, 0.717) is 16.9 Å². The van der Waals surface area contributed by atoms with Crippen LogP contribution >= 0.6 is 0 Å². The Hall–Kier alpha value is -2.89. The summed E-state index contributed by atoms with van der Waals surface area (Å²) in [5.74, 6) is 0.426. The summed E-state index contributed by atoms with van der Waals surface area (Å²) in [6, 6.07) is 12.9. The van der Waals surface area contributed by atoms with Gasteiger partial charge in [-0.1, -0.05) is 18.2 Å². The van der Waals surface area contributed by atoms with Gasteiger partial charge in [0.05, 0.1) is 18.1 Å². The molecule has 0 N–H and O–H groups in total. The number of rotatable bonds is 5. The largest absolute Gasteiger partial charge is 0.497 e. The zero-order valence-electron chi connectivity index (χ0n) is 13.2. The minimum atomic E-state index is -0.444. The molecule has 6 nitrogen and oxygen atoms in total. The topological polar surface area (TPSA) is 72.7 Å². The molecular weight excluding hydrogens is 296 g/mol. The van der Waals surface area contributed by atoms with Crippen LogP contribution in [0.2, 0.25) is 0 Å². The van der Waals surface area contributed by atoms with Gasteiger partial charge in [-0.25, -0.2) is 0 Å². The highest BCUT2D eigenvalue weighted by atomic mass is 16.6. The predicted molar refractivity (Wildman–Crippen MR) is 86.6 cm³/mol. The molecule has 6 heteroatoms. The van der Waals surface area contributed by atoms with Crippen molar-refractivity contribution in [1.29, 1.82) is 0 Å². The van der Waals surface area contributed by atoms with Crippen LogP contribution in [0.15, 0.2) is 48.5 Å². The fraction of sp³-hybridized carbons (Fsp3) is 0.235. The standard InChI is InChI=1S/C17H18N2O4/c1-12(13-6-4-8-15(10-13)19(21)22)18(2)17(20)14-7-5-9-16(11-14)23-3/h4-12H,1-3H3/t12-/m1/s1. The SMILES string of the molecule is COc1cccc(C(=O)N(C)[C@H](C)c2cccc([N+](=O)[O-])c2)c1.